The van der Waals surface area contributed by atoms with Crippen molar-refractivity contribution < 1.29 is 24.1 Å². The van der Waals surface area contributed by atoms with Gasteiger partial charge in [0.1, 0.15) is 6.10 Å². The highest BCUT2D eigenvalue weighted by molar-refractivity contribution is 4.58. The zero-order chi connectivity index (χ0) is 17.0. The molecule has 0 spiro atoms. The van der Waals surface area contributed by atoms with E-state index in [2.05, 4.69) is 0 Å². The first-order valence-electron chi connectivity index (χ1n) is 7.82. The summed E-state index contributed by atoms with van der Waals surface area (Å²) in [6.45, 7) is 6.59. The van der Waals surface area contributed by atoms with Crippen LogP contribution in [-0.2, 0) is 18.9 Å². The van der Waals surface area contributed by atoms with Crippen molar-refractivity contribution in [3.63, 3.8) is 0 Å². The summed E-state index contributed by atoms with van der Waals surface area (Å²) < 4.78 is 22.1. The van der Waals surface area contributed by atoms with Gasteiger partial charge in [-0.1, -0.05) is 0 Å². The second-order valence-electron chi connectivity index (χ2n) is 5.61. The standard InChI is InChI=1S/C15H34N2O5/c1-7-19-14(9-16(3)4)21-11-13(18)12-22-15(20-8-2)10-17(5)6/h13-15,18H,7-12H2,1-6H3. The Morgan fingerprint density at radius 3 is 1.36 bits per heavy atom. The predicted molar refractivity (Wildman–Crippen MR) is 85.8 cm³/mol. The Kier molecular flexibility index (Phi) is 13.0. The SMILES string of the molecule is CCOC(CN(C)C)OCC(O)COC(CN(C)C)OCC. The third kappa shape index (κ3) is 12.3. The molecule has 2 atom stereocenters. The van der Waals surface area contributed by atoms with E-state index in [4.69, 9.17) is 18.9 Å². The Hall–Kier alpha value is -0.280. The van der Waals surface area contributed by atoms with Crippen LogP contribution in [-0.4, -0.2) is 101 Å². The van der Waals surface area contributed by atoms with Gasteiger partial charge >= 0.3 is 0 Å². The molecule has 0 fully saturated rings. The normalized spacial score (nSPS) is 16.2. The van der Waals surface area contributed by atoms with E-state index in [1.165, 1.54) is 0 Å². The van der Waals surface area contributed by atoms with Crippen LogP contribution in [0.3, 0.4) is 0 Å². The molecule has 0 aromatic heterocycles. The van der Waals surface area contributed by atoms with Crippen molar-refractivity contribution >= 4 is 0 Å². The number of likely N-dealkylation sites (N-methyl/N-ethyl adjacent to an activating group) is 2. The van der Waals surface area contributed by atoms with Gasteiger partial charge in [-0.15, -0.1) is 0 Å². The van der Waals surface area contributed by atoms with Crippen molar-refractivity contribution in [3.8, 4) is 0 Å². The number of hydrogen-bond donors (Lipinski definition) is 1. The third-order valence-corrected chi connectivity index (χ3v) is 2.68. The smallest absolute Gasteiger partial charge is 0.170 e. The molecule has 0 bridgehead atoms. The summed E-state index contributed by atoms with van der Waals surface area (Å²) in [5.74, 6) is 0. The molecule has 0 saturated heterocycles. The summed E-state index contributed by atoms with van der Waals surface area (Å²) in [4.78, 5) is 3.96. The van der Waals surface area contributed by atoms with Crippen molar-refractivity contribution in [2.75, 3.05) is 67.7 Å². The maximum absolute atomic E-state index is 9.96. The van der Waals surface area contributed by atoms with Crippen LogP contribution in [0.1, 0.15) is 13.8 Å². The fourth-order valence-electron chi connectivity index (χ4n) is 1.76. The molecule has 22 heavy (non-hydrogen) atoms. The number of aliphatic hydroxyl groups excluding tert-OH is 1. The Bertz CT molecular complexity index is 230. The van der Waals surface area contributed by atoms with E-state index in [0.717, 1.165) is 0 Å². The highest BCUT2D eigenvalue weighted by Gasteiger charge is 2.16. The first kappa shape index (κ1) is 21.7. The maximum atomic E-state index is 9.96. The molecule has 0 heterocycles. The van der Waals surface area contributed by atoms with Crippen molar-refractivity contribution in [1.82, 2.24) is 9.80 Å². The highest BCUT2D eigenvalue weighted by atomic mass is 16.7. The molecule has 0 saturated carbocycles. The molecule has 0 aliphatic heterocycles. The van der Waals surface area contributed by atoms with E-state index < -0.39 is 6.10 Å². The summed E-state index contributed by atoms with van der Waals surface area (Å²) in [5.41, 5.74) is 0. The second-order valence-corrected chi connectivity index (χ2v) is 5.61. The molecule has 0 radical (unpaired) electrons. The van der Waals surface area contributed by atoms with Crippen molar-refractivity contribution in [1.29, 1.82) is 0 Å². The van der Waals surface area contributed by atoms with E-state index in [0.29, 0.717) is 26.3 Å². The van der Waals surface area contributed by atoms with E-state index >= 15 is 0 Å². The first-order chi connectivity index (χ1) is 10.4. The summed E-state index contributed by atoms with van der Waals surface area (Å²) in [7, 11) is 7.79. The van der Waals surface area contributed by atoms with Gasteiger partial charge in [0.2, 0.25) is 0 Å². The predicted octanol–water partition coefficient (Wildman–Crippen LogP) is 0.229. The lowest BCUT2D eigenvalue weighted by atomic mass is 10.4. The van der Waals surface area contributed by atoms with Gasteiger partial charge in [0.05, 0.1) is 13.2 Å². The van der Waals surface area contributed by atoms with Crippen LogP contribution in [0.25, 0.3) is 0 Å². The van der Waals surface area contributed by atoms with Gasteiger partial charge in [0.15, 0.2) is 12.6 Å². The van der Waals surface area contributed by atoms with E-state index in [1.807, 2.05) is 51.8 Å². The number of nitrogens with zero attached hydrogens (tertiary/aromatic N) is 2. The summed E-state index contributed by atoms with van der Waals surface area (Å²) in [5, 5.41) is 9.96. The number of aliphatic hydroxyl groups is 1. The van der Waals surface area contributed by atoms with Gasteiger partial charge in [0, 0.05) is 26.3 Å². The Labute approximate surface area is 135 Å². The van der Waals surface area contributed by atoms with Crippen LogP contribution in [0.5, 0.6) is 0 Å². The van der Waals surface area contributed by atoms with Crippen LogP contribution in [0, 0.1) is 0 Å². The molecule has 1 N–H and O–H groups in total. The minimum Gasteiger partial charge on any atom is -0.388 e. The van der Waals surface area contributed by atoms with Crippen LogP contribution >= 0.6 is 0 Å². The van der Waals surface area contributed by atoms with Crippen LogP contribution in [0.4, 0.5) is 0 Å². The molecule has 0 aromatic rings. The van der Waals surface area contributed by atoms with Crippen molar-refractivity contribution in [2.24, 2.45) is 0 Å². The Morgan fingerprint density at radius 2 is 1.09 bits per heavy atom. The quantitative estimate of drug-likeness (QED) is 0.459. The lowest BCUT2D eigenvalue weighted by molar-refractivity contribution is -0.188. The van der Waals surface area contributed by atoms with Gasteiger partial charge in [-0.2, -0.15) is 0 Å². The summed E-state index contributed by atoms with van der Waals surface area (Å²) in [6.07, 6.45) is -1.41. The largest absolute Gasteiger partial charge is 0.388 e. The van der Waals surface area contributed by atoms with Gasteiger partial charge in [-0.05, 0) is 42.0 Å². The van der Waals surface area contributed by atoms with Gasteiger partial charge in [-0.3, -0.25) is 0 Å². The lowest BCUT2D eigenvalue weighted by Gasteiger charge is -2.24. The molecule has 0 aliphatic carbocycles. The van der Waals surface area contributed by atoms with Crippen LogP contribution in [0.2, 0.25) is 0 Å². The maximum Gasteiger partial charge on any atom is 0.170 e. The molecule has 7 heteroatoms. The highest BCUT2D eigenvalue weighted by Crippen LogP contribution is 2.02. The third-order valence-electron chi connectivity index (χ3n) is 2.68. The summed E-state index contributed by atoms with van der Waals surface area (Å²) >= 11 is 0. The topological polar surface area (TPSA) is 63.6 Å². The monoisotopic (exact) mass is 322 g/mol. The van der Waals surface area contributed by atoms with Crippen molar-refractivity contribution in [3.05, 3.63) is 0 Å². The van der Waals surface area contributed by atoms with Crippen LogP contribution in [0.15, 0.2) is 0 Å². The first-order valence-corrected chi connectivity index (χ1v) is 7.82. The molecule has 0 amide bonds. The second kappa shape index (κ2) is 13.2. The van der Waals surface area contributed by atoms with Crippen molar-refractivity contribution in [2.45, 2.75) is 32.5 Å². The van der Waals surface area contributed by atoms with E-state index in [1.54, 1.807) is 0 Å². The molecule has 0 rings (SSSR count). The van der Waals surface area contributed by atoms with Gasteiger partial charge < -0.3 is 33.9 Å². The van der Waals surface area contributed by atoms with Crippen LogP contribution < -0.4 is 0 Å². The average molecular weight is 322 g/mol. The molecular formula is C15H34N2O5. The van der Waals surface area contributed by atoms with Gasteiger partial charge in [-0.25, -0.2) is 0 Å². The molecule has 2 unspecified atom stereocenters. The Morgan fingerprint density at radius 1 is 0.727 bits per heavy atom. The fourth-order valence-corrected chi connectivity index (χ4v) is 1.76. The minimum absolute atomic E-state index is 0.166. The Balaban J connectivity index is 4.05. The average Bonchev–Trinajstić information content (AvgIpc) is 2.41. The fraction of sp³-hybridized carbons (Fsp3) is 1.00. The molecule has 7 nitrogen and oxygen atoms in total. The number of hydrogen-bond acceptors (Lipinski definition) is 7. The molecule has 0 aromatic carbocycles. The zero-order valence-electron chi connectivity index (χ0n) is 14.9. The van der Waals surface area contributed by atoms with Gasteiger partial charge in [0.25, 0.3) is 0 Å². The summed E-state index contributed by atoms with van der Waals surface area (Å²) in [6, 6.07) is 0. The lowest BCUT2D eigenvalue weighted by Crippen LogP contribution is -2.36. The van der Waals surface area contributed by atoms with E-state index in [9.17, 15) is 5.11 Å². The van der Waals surface area contributed by atoms with E-state index in [-0.39, 0.29) is 25.8 Å². The molecule has 134 valence electrons. The molecular weight excluding hydrogens is 288 g/mol. The number of rotatable bonds is 14. The zero-order valence-corrected chi connectivity index (χ0v) is 14.9. The number of ether oxygens (including phenoxy) is 4. The molecule has 0 aliphatic rings. The minimum atomic E-state index is -0.713.